The molecule has 144 valence electrons. The molecule has 0 amide bonds. The van der Waals surface area contributed by atoms with Crippen molar-refractivity contribution in [2.75, 3.05) is 31.1 Å². The Kier molecular flexibility index (Phi) is 4.65. The number of aromatic amines is 1. The molecular formula is C24H28N4. The van der Waals surface area contributed by atoms with Crippen molar-refractivity contribution in [2.45, 2.75) is 32.2 Å². The lowest BCUT2D eigenvalue weighted by Crippen LogP contribution is -2.50. The molecule has 1 aliphatic heterocycles. The van der Waals surface area contributed by atoms with E-state index in [-0.39, 0.29) is 0 Å². The topological polar surface area (TPSA) is 35.2 Å². The van der Waals surface area contributed by atoms with Gasteiger partial charge in [0.25, 0.3) is 0 Å². The number of H-pyrrole nitrogens is 1. The average molecular weight is 373 g/mol. The lowest BCUT2D eigenvalue weighted by Gasteiger charge is -2.38. The zero-order valence-electron chi connectivity index (χ0n) is 16.6. The summed E-state index contributed by atoms with van der Waals surface area (Å²) < 4.78 is 0. The molecule has 28 heavy (non-hydrogen) atoms. The quantitative estimate of drug-likeness (QED) is 0.754. The fraction of sp³-hybridized carbons (Fsp3) is 0.375. The third-order valence-corrected chi connectivity index (χ3v) is 6.39. The third kappa shape index (κ3) is 3.22. The van der Waals surface area contributed by atoms with Gasteiger partial charge in [0.1, 0.15) is 0 Å². The van der Waals surface area contributed by atoms with Crippen LogP contribution in [-0.4, -0.2) is 47.3 Å². The maximum Gasteiger partial charge on any atom is 0.154 e. The molecule has 1 fully saturated rings. The molecule has 4 nitrogen and oxygen atoms in total. The number of aryl methyl sites for hydroxylation is 1. The van der Waals surface area contributed by atoms with Crippen LogP contribution in [0.25, 0.3) is 11.3 Å². The number of hydrogen-bond donors (Lipinski definition) is 1. The predicted molar refractivity (Wildman–Crippen MR) is 115 cm³/mol. The monoisotopic (exact) mass is 372 g/mol. The minimum absolute atomic E-state index is 0.574. The molecule has 0 spiro atoms. The van der Waals surface area contributed by atoms with E-state index >= 15 is 0 Å². The Bertz CT molecular complexity index is 938. The van der Waals surface area contributed by atoms with Crippen molar-refractivity contribution in [3.8, 4) is 11.3 Å². The maximum absolute atomic E-state index is 4.74. The first-order valence-electron chi connectivity index (χ1n) is 10.5. The van der Waals surface area contributed by atoms with Gasteiger partial charge in [-0.25, -0.2) is 0 Å². The molecule has 2 aromatic carbocycles. The van der Waals surface area contributed by atoms with Crippen LogP contribution in [0.4, 0.5) is 5.82 Å². The van der Waals surface area contributed by atoms with Crippen molar-refractivity contribution in [1.29, 1.82) is 0 Å². The SMILES string of the molecule is CC(Cc1ccccc1)N1CCN(c2n[nH]c3c2CCc2ccccc2-3)CC1. The van der Waals surface area contributed by atoms with E-state index in [2.05, 4.69) is 76.4 Å². The summed E-state index contributed by atoms with van der Waals surface area (Å²) in [5, 5.41) is 8.08. The van der Waals surface area contributed by atoms with Gasteiger partial charge in [0.15, 0.2) is 5.82 Å². The molecular weight excluding hydrogens is 344 g/mol. The molecule has 1 aliphatic carbocycles. The lowest BCUT2D eigenvalue weighted by atomic mass is 9.90. The Hall–Kier alpha value is -2.59. The minimum Gasteiger partial charge on any atom is -0.352 e. The Morgan fingerprint density at radius 2 is 1.68 bits per heavy atom. The van der Waals surface area contributed by atoms with Crippen molar-refractivity contribution in [1.82, 2.24) is 15.1 Å². The van der Waals surface area contributed by atoms with Gasteiger partial charge in [0, 0.05) is 43.3 Å². The average Bonchev–Trinajstić information content (AvgIpc) is 3.19. The second-order valence-corrected chi connectivity index (χ2v) is 8.12. The number of nitrogens with zero attached hydrogens (tertiary/aromatic N) is 3. The van der Waals surface area contributed by atoms with E-state index in [1.807, 2.05) is 0 Å². The van der Waals surface area contributed by atoms with Crippen molar-refractivity contribution in [3.05, 3.63) is 71.3 Å². The maximum atomic E-state index is 4.74. The van der Waals surface area contributed by atoms with Crippen molar-refractivity contribution in [2.24, 2.45) is 0 Å². The Morgan fingerprint density at radius 3 is 2.50 bits per heavy atom. The molecule has 0 radical (unpaired) electrons. The second kappa shape index (κ2) is 7.44. The van der Waals surface area contributed by atoms with Crippen molar-refractivity contribution >= 4 is 5.82 Å². The van der Waals surface area contributed by atoms with Crippen LogP contribution >= 0.6 is 0 Å². The van der Waals surface area contributed by atoms with Crippen molar-refractivity contribution in [3.63, 3.8) is 0 Å². The van der Waals surface area contributed by atoms with Crippen molar-refractivity contribution < 1.29 is 0 Å². The summed E-state index contributed by atoms with van der Waals surface area (Å²) in [4.78, 5) is 5.10. The van der Waals surface area contributed by atoms with Gasteiger partial charge in [0.2, 0.25) is 0 Å². The van der Waals surface area contributed by atoms with Crippen LogP contribution in [0.2, 0.25) is 0 Å². The normalized spacial score (nSPS) is 17.8. The summed E-state index contributed by atoms with van der Waals surface area (Å²) in [5.74, 6) is 1.18. The lowest BCUT2D eigenvalue weighted by molar-refractivity contribution is 0.195. The van der Waals surface area contributed by atoms with Crippen LogP contribution in [-0.2, 0) is 19.3 Å². The van der Waals surface area contributed by atoms with Crippen LogP contribution in [0.3, 0.4) is 0 Å². The van der Waals surface area contributed by atoms with E-state index in [1.165, 1.54) is 33.8 Å². The molecule has 1 atom stereocenters. The number of anilines is 1. The highest BCUT2D eigenvalue weighted by molar-refractivity contribution is 5.74. The van der Waals surface area contributed by atoms with Crippen LogP contribution in [0.5, 0.6) is 0 Å². The zero-order valence-corrected chi connectivity index (χ0v) is 16.6. The van der Waals surface area contributed by atoms with Gasteiger partial charge in [0.05, 0.1) is 5.69 Å². The summed E-state index contributed by atoms with van der Waals surface area (Å²) in [6.45, 7) is 6.67. The molecule has 0 saturated carbocycles. The molecule has 2 heterocycles. The first-order chi connectivity index (χ1) is 13.8. The van der Waals surface area contributed by atoms with E-state index in [1.54, 1.807) is 0 Å². The smallest absolute Gasteiger partial charge is 0.154 e. The number of aromatic nitrogens is 2. The number of fused-ring (bicyclic) bond motifs is 3. The van der Waals surface area contributed by atoms with Gasteiger partial charge in [-0.2, -0.15) is 5.10 Å². The molecule has 5 rings (SSSR count). The fourth-order valence-electron chi connectivity index (χ4n) is 4.78. The second-order valence-electron chi connectivity index (χ2n) is 8.12. The van der Waals surface area contributed by atoms with Crippen LogP contribution < -0.4 is 4.90 Å². The first kappa shape index (κ1) is 17.5. The number of nitrogens with one attached hydrogen (secondary N) is 1. The number of piperazine rings is 1. The summed E-state index contributed by atoms with van der Waals surface area (Å²) in [7, 11) is 0. The number of benzene rings is 2. The van der Waals surface area contributed by atoms with Gasteiger partial charge in [-0.05, 0) is 37.3 Å². The molecule has 4 heteroatoms. The number of rotatable bonds is 4. The summed E-state index contributed by atoms with van der Waals surface area (Å²) >= 11 is 0. The molecule has 3 aromatic rings. The van der Waals surface area contributed by atoms with Gasteiger partial charge in [-0.3, -0.25) is 10.00 Å². The van der Waals surface area contributed by atoms with E-state index in [4.69, 9.17) is 5.10 Å². The fourth-order valence-corrected chi connectivity index (χ4v) is 4.78. The number of hydrogen-bond acceptors (Lipinski definition) is 3. The molecule has 1 N–H and O–H groups in total. The largest absolute Gasteiger partial charge is 0.352 e. The van der Waals surface area contributed by atoms with Crippen LogP contribution in [0, 0.1) is 0 Å². The first-order valence-corrected chi connectivity index (χ1v) is 10.5. The molecule has 1 saturated heterocycles. The Morgan fingerprint density at radius 1 is 0.929 bits per heavy atom. The molecule has 1 aromatic heterocycles. The summed E-state index contributed by atoms with van der Waals surface area (Å²) in [6.07, 6.45) is 3.32. The van der Waals surface area contributed by atoms with Crippen LogP contribution in [0.15, 0.2) is 54.6 Å². The summed E-state index contributed by atoms with van der Waals surface area (Å²) in [6, 6.07) is 20.1. The minimum atomic E-state index is 0.574. The molecule has 0 bridgehead atoms. The molecule has 1 unspecified atom stereocenters. The van der Waals surface area contributed by atoms with E-state index < -0.39 is 0 Å². The van der Waals surface area contributed by atoms with Gasteiger partial charge in [-0.1, -0.05) is 54.6 Å². The van der Waals surface area contributed by atoms with E-state index in [9.17, 15) is 0 Å². The van der Waals surface area contributed by atoms with Gasteiger partial charge in [-0.15, -0.1) is 0 Å². The zero-order chi connectivity index (χ0) is 18.9. The Balaban J connectivity index is 1.26. The van der Waals surface area contributed by atoms with Gasteiger partial charge >= 0.3 is 0 Å². The highest BCUT2D eigenvalue weighted by Crippen LogP contribution is 2.36. The molecule has 2 aliphatic rings. The van der Waals surface area contributed by atoms with E-state index in [0.29, 0.717) is 6.04 Å². The highest BCUT2D eigenvalue weighted by Gasteiger charge is 2.27. The highest BCUT2D eigenvalue weighted by atomic mass is 15.3. The predicted octanol–water partition coefficient (Wildman–Crippen LogP) is 3.93. The van der Waals surface area contributed by atoms with Gasteiger partial charge < -0.3 is 4.90 Å². The van der Waals surface area contributed by atoms with E-state index in [0.717, 1.165) is 45.4 Å². The van der Waals surface area contributed by atoms with Crippen LogP contribution in [0.1, 0.15) is 23.6 Å². The third-order valence-electron chi connectivity index (χ3n) is 6.39. The standard InChI is InChI=1S/C24H28N4/c1-18(17-19-7-3-2-4-8-19)27-13-15-28(16-14-27)24-22-12-11-20-9-5-6-10-21(20)23(22)25-26-24/h2-10,18H,11-17H2,1H3,(H,25,26). The Labute approximate surface area is 167 Å². The summed E-state index contributed by atoms with van der Waals surface area (Å²) in [5.41, 5.74) is 6.83.